The van der Waals surface area contributed by atoms with Gasteiger partial charge >= 0.3 is 6.18 Å². The molecule has 1 aromatic rings. The molecule has 0 saturated carbocycles. The van der Waals surface area contributed by atoms with Gasteiger partial charge in [-0.3, -0.25) is 10.1 Å². The summed E-state index contributed by atoms with van der Waals surface area (Å²) < 4.78 is 73.7. The molecule has 1 rings (SSSR count). The third kappa shape index (κ3) is 4.34. The number of nitro groups is 1. The van der Waals surface area contributed by atoms with Gasteiger partial charge in [0.25, 0.3) is 5.69 Å². The fourth-order valence-electron chi connectivity index (χ4n) is 1.24. The Bertz CT molecular complexity index is 646. The minimum Gasteiger partial charge on any atom is -0.382 e. The summed E-state index contributed by atoms with van der Waals surface area (Å²) >= 11 is 0. The molecule has 21 heavy (non-hydrogen) atoms. The van der Waals surface area contributed by atoms with Crippen molar-refractivity contribution in [2.24, 2.45) is 0 Å². The highest BCUT2D eigenvalue weighted by atomic mass is 32.2. The van der Waals surface area contributed by atoms with Crippen LogP contribution in [0.25, 0.3) is 0 Å². The topological polar surface area (TPSA) is 110 Å². The molecule has 0 amide bonds. The SMILES string of the molecule is O=[N+]([O-])c1cc(F)ccc1S(=O)(=O)NCC(O)C(F)(F)F. The van der Waals surface area contributed by atoms with Crippen molar-refractivity contribution in [3.8, 4) is 0 Å². The highest BCUT2D eigenvalue weighted by molar-refractivity contribution is 7.89. The van der Waals surface area contributed by atoms with E-state index in [9.17, 15) is 36.1 Å². The largest absolute Gasteiger partial charge is 0.415 e. The van der Waals surface area contributed by atoms with Crippen molar-refractivity contribution in [3.63, 3.8) is 0 Å². The molecule has 2 N–H and O–H groups in total. The van der Waals surface area contributed by atoms with E-state index in [-0.39, 0.29) is 0 Å². The maximum absolute atomic E-state index is 12.9. The molecule has 0 bridgehead atoms. The number of rotatable bonds is 5. The molecule has 0 heterocycles. The lowest BCUT2D eigenvalue weighted by atomic mass is 10.3. The molecule has 0 aliphatic carbocycles. The number of nitrogens with zero attached hydrogens (tertiary/aromatic N) is 1. The first kappa shape index (κ1) is 17.3. The zero-order valence-corrected chi connectivity index (χ0v) is 10.8. The summed E-state index contributed by atoms with van der Waals surface area (Å²) in [6, 6.07) is 1.45. The van der Waals surface area contributed by atoms with Crippen LogP contribution in [-0.4, -0.2) is 37.3 Å². The highest BCUT2D eigenvalue weighted by Crippen LogP contribution is 2.25. The zero-order valence-electron chi connectivity index (χ0n) is 9.96. The molecule has 0 fully saturated rings. The monoisotopic (exact) mass is 332 g/mol. The number of benzene rings is 1. The normalized spacial score (nSPS) is 14.0. The second kappa shape index (κ2) is 5.91. The van der Waals surface area contributed by atoms with Crippen LogP contribution in [0.5, 0.6) is 0 Å². The number of alkyl halides is 3. The van der Waals surface area contributed by atoms with E-state index in [4.69, 9.17) is 5.11 Å². The number of nitro benzene ring substituents is 1. The van der Waals surface area contributed by atoms with Crippen molar-refractivity contribution in [2.45, 2.75) is 17.2 Å². The summed E-state index contributed by atoms with van der Waals surface area (Å²) in [6.45, 7) is -1.43. The van der Waals surface area contributed by atoms with E-state index >= 15 is 0 Å². The molecule has 0 spiro atoms. The third-order valence-electron chi connectivity index (χ3n) is 2.25. The lowest BCUT2D eigenvalue weighted by Gasteiger charge is -2.15. The first-order valence-corrected chi connectivity index (χ1v) is 6.62. The zero-order chi connectivity index (χ0) is 16.4. The Hall–Kier alpha value is -1.79. The molecule has 0 saturated heterocycles. The maximum atomic E-state index is 12.9. The van der Waals surface area contributed by atoms with Crippen LogP contribution in [-0.2, 0) is 10.0 Å². The van der Waals surface area contributed by atoms with E-state index in [1.165, 1.54) is 4.72 Å². The number of halogens is 4. The third-order valence-corrected chi connectivity index (χ3v) is 3.72. The van der Waals surface area contributed by atoms with Crippen molar-refractivity contribution < 1.29 is 36.0 Å². The van der Waals surface area contributed by atoms with Crippen LogP contribution in [0.2, 0.25) is 0 Å². The number of nitrogens with one attached hydrogen (secondary N) is 1. The molecule has 1 atom stereocenters. The van der Waals surface area contributed by atoms with Gasteiger partial charge in [0.2, 0.25) is 10.0 Å². The Labute approximate surface area is 115 Å². The van der Waals surface area contributed by atoms with Crippen molar-refractivity contribution in [1.29, 1.82) is 0 Å². The average Bonchev–Trinajstić information content (AvgIpc) is 2.34. The number of hydrogen-bond acceptors (Lipinski definition) is 5. The molecule has 118 valence electrons. The van der Waals surface area contributed by atoms with Crippen molar-refractivity contribution >= 4 is 15.7 Å². The summed E-state index contributed by atoms with van der Waals surface area (Å²) in [7, 11) is -4.73. The Morgan fingerprint density at radius 3 is 2.43 bits per heavy atom. The van der Waals surface area contributed by atoms with Gasteiger partial charge in [-0.05, 0) is 12.1 Å². The van der Waals surface area contributed by atoms with Crippen molar-refractivity contribution in [3.05, 3.63) is 34.1 Å². The van der Waals surface area contributed by atoms with Gasteiger partial charge in [0.05, 0.1) is 11.0 Å². The molecule has 7 nitrogen and oxygen atoms in total. The van der Waals surface area contributed by atoms with Gasteiger partial charge in [0.1, 0.15) is 5.82 Å². The molecular formula is C9H8F4N2O5S. The summed E-state index contributed by atoms with van der Waals surface area (Å²) in [5.74, 6) is -1.09. The molecular weight excluding hydrogens is 324 g/mol. The van der Waals surface area contributed by atoms with Gasteiger partial charge in [0, 0.05) is 6.54 Å². The van der Waals surface area contributed by atoms with Gasteiger partial charge in [-0.2, -0.15) is 13.2 Å². The molecule has 0 aliphatic heterocycles. The number of aliphatic hydroxyl groups is 1. The van der Waals surface area contributed by atoms with E-state index in [1.807, 2.05) is 0 Å². The molecule has 1 aromatic carbocycles. The van der Waals surface area contributed by atoms with Crippen LogP contribution in [0.3, 0.4) is 0 Å². The van der Waals surface area contributed by atoms with E-state index in [2.05, 4.69) is 0 Å². The van der Waals surface area contributed by atoms with E-state index < -0.39 is 50.2 Å². The predicted molar refractivity (Wildman–Crippen MR) is 60.3 cm³/mol. The van der Waals surface area contributed by atoms with Crippen LogP contribution >= 0.6 is 0 Å². The molecule has 12 heteroatoms. The molecule has 0 aromatic heterocycles. The van der Waals surface area contributed by atoms with Crippen LogP contribution in [0.4, 0.5) is 23.2 Å². The standard InChI is InChI=1S/C9H8F4N2O5S/c10-5-1-2-7(6(3-5)15(17)18)21(19,20)14-4-8(16)9(11,12)13/h1-3,8,14,16H,4H2. The van der Waals surface area contributed by atoms with Gasteiger partial charge in [-0.25, -0.2) is 17.5 Å². The van der Waals surface area contributed by atoms with Crippen molar-refractivity contribution in [2.75, 3.05) is 6.54 Å². The van der Waals surface area contributed by atoms with Gasteiger partial charge < -0.3 is 5.11 Å². The summed E-state index contributed by atoms with van der Waals surface area (Å²) in [5, 5.41) is 19.3. The summed E-state index contributed by atoms with van der Waals surface area (Å²) in [4.78, 5) is 8.43. The first-order chi connectivity index (χ1) is 9.45. The number of sulfonamides is 1. The fourth-order valence-corrected chi connectivity index (χ4v) is 2.43. The first-order valence-electron chi connectivity index (χ1n) is 5.13. The lowest BCUT2D eigenvalue weighted by Crippen LogP contribution is -2.40. The Morgan fingerprint density at radius 2 is 1.95 bits per heavy atom. The van der Waals surface area contributed by atoms with Crippen LogP contribution in [0, 0.1) is 15.9 Å². The molecule has 0 aliphatic rings. The Balaban J connectivity index is 3.07. The summed E-state index contributed by atoms with van der Waals surface area (Å²) in [5.41, 5.74) is -1.14. The lowest BCUT2D eigenvalue weighted by molar-refractivity contribution is -0.388. The number of aliphatic hydroxyl groups excluding tert-OH is 1. The van der Waals surface area contributed by atoms with Gasteiger partial charge in [-0.1, -0.05) is 0 Å². The van der Waals surface area contributed by atoms with E-state index in [0.717, 1.165) is 0 Å². The minimum absolute atomic E-state index is 0.314. The second-order valence-electron chi connectivity index (χ2n) is 3.78. The quantitative estimate of drug-likeness (QED) is 0.474. The average molecular weight is 332 g/mol. The minimum atomic E-state index is -5.06. The van der Waals surface area contributed by atoms with Crippen LogP contribution in [0.1, 0.15) is 0 Å². The second-order valence-corrected chi connectivity index (χ2v) is 5.51. The van der Waals surface area contributed by atoms with Crippen LogP contribution < -0.4 is 4.72 Å². The van der Waals surface area contributed by atoms with Gasteiger partial charge in [0.15, 0.2) is 11.0 Å². The smallest absolute Gasteiger partial charge is 0.382 e. The fraction of sp³-hybridized carbons (Fsp3) is 0.333. The summed E-state index contributed by atoms with van der Waals surface area (Å²) in [6.07, 6.45) is -8.04. The Kier molecular flexibility index (Phi) is 4.86. The maximum Gasteiger partial charge on any atom is 0.415 e. The van der Waals surface area contributed by atoms with Crippen molar-refractivity contribution in [1.82, 2.24) is 4.72 Å². The van der Waals surface area contributed by atoms with E-state index in [0.29, 0.717) is 18.2 Å². The Morgan fingerprint density at radius 1 is 1.38 bits per heavy atom. The molecule has 0 radical (unpaired) electrons. The highest BCUT2D eigenvalue weighted by Gasteiger charge is 2.39. The molecule has 1 unspecified atom stereocenters. The predicted octanol–water partition coefficient (Wildman–Crippen LogP) is 0.935. The van der Waals surface area contributed by atoms with E-state index in [1.54, 1.807) is 0 Å². The van der Waals surface area contributed by atoms with Crippen LogP contribution in [0.15, 0.2) is 23.1 Å². The number of hydrogen-bond donors (Lipinski definition) is 2. The van der Waals surface area contributed by atoms with Gasteiger partial charge in [-0.15, -0.1) is 0 Å².